The fourth-order valence-electron chi connectivity index (χ4n) is 1.36. The predicted octanol–water partition coefficient (Wildman–Crippen LogP) is 3.50. The highest BCUT2D eigenvalue weighted by atomic mass is 127. The van der Waals surface area contributed by atoms with Gasteiger partial charge in [-0.25, -0.2) is 5.26 Å². The van der Waals surface area contributed by atoms with E-state index in [0.29, 0.717) is 6.42 Å². The van der Waals surface area contributed by atoms with Crippen molar-refractivity contribution in [3.63, 3.8) is 0 Å². The Labute approximate surface area is 123 Å². The molecule has 0 fully saturated rings. The number of halogens is 1. The van der Waals surface area contributed by atoms with Gasteiger partial charge < -0.3 is 5.32 Å². The Bertz CT molecular complexity index is 428. The molecule has 5 nitrogen and oxygen atoms in total. The molecule has 0 aliphatic rings. The number of carbonyl (C=O) groups excluding carboxylic acids is 1. The number of anilines is 1. The summed E-state index contributed by atoms with van der Waals surface area (Å²) in [6.07, 6.45) is 0.497. The summed E-state index contributed by atoms with van der Waals surface area (Å²) in [6.45, 7) is 3.78. The molecular weight excluding hydrogens is 369 g/mol. The van der Waals surface area contributed by atoms with E-state index < -0.39 is 0 Å². The Hall–Kier alpha value is -0.350. The van der Waals surface area contributed by atoms with Crippen molar-refractivity contribution in [2.24, 2.45) is 0 Å². The number of carbonyl (C=O) groups is 1. The maximum atomic E-state index is 11.5. The fraction of sp³-hybridized carbons (Fsp3) is 0.364. The molecule has 1 amide bonds. The summed E-state index contributed by atoms with van der Waals surface area (Å²) in [4.78, 5) is 12.3. The molecule has 0 heterocycles. The van der Waals surface area contributed by atoms with Crippen molar-refractivity contribution in [2.75, 3.05) is 9.74 Å². The summed E-state index contributed by atoms with van der Waals surface area (Å²) in [5.41, 5.74) is 2.63. The van der Waals surface area contributed by atoms with E-state index in [9.17, 15) is 4.79 Å². The van der Waals surface area contributed by atoms with Crippen molar-refractivity contribution < 1.29 is 19.4 Å². The van der Waals surface area contributed by atoms with E-state index in [4.69, 9.17) is 5.26 Å². The lowest BCUT2D eigenvalue weighted by molar-refractivity contribution is -0.432. The largest absolute Gasteiger partial charge is 0.326 e. The summed E-state index contributed by atoms with van der Waals surface area (Å²) >= 11 is 3.08. The molecule has 0 atom stereocenters. The van der Waals surface area contributed by atoms with E-state index in [1.807, 2.05) is 26.0 Å². The number of hydrogen-bond donors (Lipinski definition) is 2. The van der Waals surface area contributed by atoms with Crippen LogP contribution in [-0.4, -0.2) is 15.6 Å². The average molecular weight is 383 g/mol. The molecule has 0 unspecified atom stereocenters. The quantitative estimate of drug-likeness (QED) is 0.259. The number of amides is 1. The molecule has 2 N–H and O–H groups in total. The third-order valence-corrected chi connectivity index (χ3v) is 3.56. The molecule has 0 aliphatic heterocycles. The predicted molar refractivity (Wildman–Crippen MR) is 78.7 cm³/mol. The van der Waals surface area contributed by atoms with Gasteiger partial charge in [-0.05, 0) is 37.1 Å². The van der Waals surface area contributed by atoms with Crippen LogP contribution in [0.4, 0.5) is 5.69 Å². The Balaban J connectivity index is 2.82. The molecule has 1 aromatic carbocycles. The molecule has 7 heteroatoms. The van der Waals surface area contributed by atoms with E-state index in [1.54, 1.807) is 0 Å². The standard InChI is InChI=1S/C11H14INO4S/c1-7-6-10(18-17-16-15)8(2)5-9(7)13-11(14)3-4-12/h5-6,15H,3-4H2,1-2H3,(H,13,14). The highest BCUT2D eigenvalue weighted by molar-refractivity contribution is 14.1. The zero-order valence-electron chi connectivity index (χ0n) is 10.0. The SMILES string of the molecule is Cc1cc(SOOO)c(C)cc1NC(=O)CCI. The van der Waals surface area contributed by atoms with Crippen molar-refractivity contribution in [1.82, 2.24) is 0 Å². The molecule has 1 aromatic rings. The minimum absolute atomic E-state index is 0.00208. The Kier molecular flexibility index (Phi) is 6.94. The first-order valence-corrected chi connectivity index (χ1v) is 7.47. The highest BCUT2D eigenvalue weighted by Crippen LogP contribution is 2.29. The van der Waals surface area contributed by atoms with Gasteiger partial charge in [-0.15, -0.1) is 4.33 Å². The van der Waals surface area contributed by atoms with Crippen LogP contribution in [0.2, 0.25) is 0 Å². The number of hydrogen-bond acceptors (Lipinski definition) is 5. The number of aryl methyl sites for hydroxylation is 2. The summed E-state index contributed by atoms with van der Waals surface area (Å²) in [5.74, 6) is 0.00208. The van der Waals surface area contributed by atoms with Crippen molar-refractivity contribution in [1.29, 1.82) is 0 Å². The smallest absolute Gasteiger partial charge is 0.225 e. The summed E-state index contributed by atoms with van der Waals surface area (Å²) in [6, 6.07) is 3.72. The number of alkyl halides is 1. The first-order valence-electron chi connectivity index (χ1n) is 5.20. The van der Waals surface area contributed by atoms with Crippen LogP contribution in [0.5, 0.6) is 0 Å². The van der Waals surface area contributed by atoms with Gasteiger partial charge in [0.1, 0.15) is 0 Å². The van der Waals surface area contributed by atoms with Crippen molar-refractivity contribution in [2.45, 2.75) is 25.2 Å². The van der Waals surface area contributed by atoms with E-state index >= 15 is 0 Å². The van der Waals surface area contributed by atoms with Crippen LogP contribution in [0, 0.1) is 13.8 Å². The molecule has 18 heavy (non-hydrogen) atoms. The van der Waals surface area contributed by atoms with E-state index in [2.05, 4.69) is 37.3 Å². The van der Waals surface area contributed by atoms with E-state index in [-0.39, 0.29) is 5.91 Å². The lowest BCUT2D eigenvalue weighted by Gasteiger charge is -2.11. The van der Waals surface area contributed by atoms with Crippen LogP contribution in [-0.2, 0) is 14.2 Å². The zero-order chi connectivity index (χ0) is 13.5. The second-order valence-corrected chi connectivity index (χ2v) is 5.47. The van der Waals surface area contributed by atoms with Gasteiger partial charge in [-0.2, -0.15) is 0 Å². The van der Waals surface area contributed by atoms with Crippen LogP contribution in [0.3, 0.4) is 0 Å². The Morgan fingerprint density at radius 3 is 2.78 bits per heavy atom. The van der Waals surface area contributed by atoms with Gasteiger partial charge in [0.25, 0.3) is 0 Å². The van der Waals surface area contributed by atoms with Crippen molar-refractivity contribution in [3.8, 4) is 0 Å². The molecule has 0 aromatic heterocycles. The Morgan fingerprint density at radius 2 is 2.17 bits per heavy atom. The molecular formula is C11H14INO4S. The van der Waals surface area contributed by atoms with Gasteiger partial charge in [0, 0.05) is 21.4 Å². The van der Waals surface area contributed by atoms with Gasteiger partial charge in [-0.3, -0.25) is 4.79 Å². The van der Waals surface area contributed by atoms with Gasteiger partial charge in [0.15, 0.2) is 0 Å². The van der Waals surface area contributed by atoms with Gasteiger partial charge in [-0.1, -0.05) is 27.6 Å². The monoisotopic (exact) mass is 383 g/mol. The van der Waals surface area contributed by atoms with Crippen LogP contribution < -0.4 is 5.32 Å². The number of rotatable bonds is 6. The van der Waals surface area contributed by atoms with Gasteiger partial charge >= 0.3 is 0 Å². The van der Waals surface area contributed by atoms with E-state index in [0.717, 1.165) is 38.2 Å². The van der Waals surface area contributed by atoms with Crippen molar-refractivity contribution >= 4 is 46.2 Å². The molecule has 1 rings (SSSR count). The summed E-state index contributed by atoms with van der Waals surface area (Å²) in [5, 5.41) is 14.5. The maximum absolute atomic E-state index is 11.5. The molecule has 0 spiro atoms. The Morgan fingerprint density at radius 1 is 1.44 bits per heavy atom. The minimum Gasteiger partial charge on any atom is -0.326 e. The van der Waals surface area contributed by atoms with Crippen LogP contribution in [0.15, 0.2) is 17.0 Å². The van der Waals surface area contributed by atoms with Gasteiger partial charge in [0.05, 0.1) is 12.0 Å². The lowest BCUT2D eigenvalue weighted by atomic mass is 10.1. The number of nitrogens with one attached hydrogen (secondary N) is 1. The first kappa shape index (κ1) is 15.7. The maximum Gasteiger partial charge on any atom is 0.225 e. The summed E-state index contributed by atoms with van der Waals surface area (Å²) < 4.78 is 5.19. The molecule has 0 saturated carbocycles. The minimum atomic E-state index is 0.00208. The summed E-state index contributed by atoms with van der Waals surface area (Å²) in [7, 11) is 0. The third kappa shape index (κ3) is 4.73. The fourth-order valence-corrected chi connectivity index (χ4v) is 2.37. The molecule has 0 saturated heterocycles. The van der Waals surface area contributed by atoms with Crippen LogP contribution in [0.25, 0.3) is 0 Å². The zero-order valence-corrected chi connectivity index (χ0v) is 13.0. The molecule has 0 bridgehead atoms. The number of benzene rings is 1. The molecule has 0 aliphatic carbocycles. The van der Waals surface area contributed by atoms with E-state index in [1.165, 1.54) is 0 Å². The third-order valence-electron chi connectivity index (χ3n) is 2.27. The van der Waals surface area contributed by atoms with Gasteiger partial charge in [0.2, 0.25) is 5.91 Å². The molecule has 100 valence electrons. The first-order chi connectivity index (χ1) is 8.58. The highest BCUT2D eigenvalue weighted by Gasteiger charge is 2.09. The normalized spacial score (nSPS) is 10.4. The average Bonchev–Trinajstić information content (AvgIpc) is 2.32. The second-order valence-electron chi connectivity index (χ2n) is 3.65. The lowest BCUT2D eigenvalue weighted by Crippen LogP contribution is -2.12. The topological polar surface area (TPSA) is 67.8 Å². The van der Waals surface area contributed by atoms with Crippen LogP contribution in [0.1, 0.15) is 17.5 Å². The molecule has 0 radical (unpaired) electrons. The van der Waals surface area contributed by atoms with Crippen LogP contribution >= 0.6 is 34.6 Å². The van der Waals surface area contributed by atoms with Crippen molar-refractivity contribution in [3.05, 3.63) is 23.3 Å². The second kappa shape index (κ2) is 7.95.